The standard InChI is InChI=1S/C39H30ClN9O20S5.6Na/c1-66-29-6-4-3-5-24(29)46-47-25-10-7-19-15-21(70(52,53)54)17-28(32(19)35(25)51)42-39-44-37(40)43-38(45-39)41-26-11-9-22-23(36(26)72(58,59)60)18-31(71(55,56)57)33(34(22)50)49-48-27-16-20(8-12-30(27)67-2)73(61,62)68-13-14-69-74(63,64)65;;;;;;/h4-9,11-12,15-18,50-51H,13-14H2,1-2H3,(H,52,53,54)(H,55,56,57)(H,58,59,60)(H,63,64,65)(H2,41,42,43,44,45);;;;;;/q-2;6*+1/p-4. The van der Waals surface area contributed by atoms with E-state index in [1.807, 2.05) is 0 Å². The minimum atomic E-state index is -5.81. The number of aromatic hydroxyl groups is 2. The van der Waals surface area contributed by atoms with E-state index < -0.39 is 140 Å². The summed E-state index contributed by atoms with van der Waals surface area (Å²) in [6.07, 6.45) is 0. The number of nitrogens with one attached hydrogen (secondary N) is 2. The van der Waals surface area contributed by atoms with Gasteiger partial charge in [0.1, 0.15) is 47.5 Å². The largest absolute Gasteiger partial charge is 1.00 e. The van der Waals surface area contributed by atoms with Crippen molar-refractivity contribution in [2.45, 2.75) is 19.6 Å². The molecule has 390 valence electrons. The van der Waals surface area contributed by atoms with Crippen molar-refractivity contribution in [3.05, 3.63) is 90.2 Å². The van der Waals surface area contributed by atoms with Gasteiger partial charge in [-0.3, -0.25) is 8.37 Å². The van der Waals surface area contributed by atoms with Crippen LogP contribution in [0.4, 0.5) is 46.0 Å². The number of ether oxygens (including phenoxy) is 2. The fourth-order valence-corrected chi connectivity index (χ4v) is 9.88. The number of fused-ring (bicyclic) bond motifs is 2. The number of aromatic nitrogens is 3. The van der Waals surface area contributed by atoms with E-state index in [1.165, 1.54) is 25.3 Å². The summed E-state index contributed by atoms with van der Waals surface area (Å²) in [4.78, 5) is 7.48. The van der Waals surface area contributed by atoms with Crippen molar-refractivity contribution in [3.8, 4) is 23.0 Å². The molecule has 41 heteroatoms. The molecule has 0 saturated carbocycles. The van der Waals surface area contributed by atoms with Crippen LogP contribution in [0.2, 0.25) is 5.28 Å². The van der Waals surface area contributed by atoms with Gasteiger partial charge in [0.05, 0.1) is 47.8 Å². The van der Waals surface area contributed by atoms with E-state index in [1.54, 1.807) is 6.07 Å². The van der Waals surface area contributed by atoms with E-state index in [4.69, 9.17) is 21.1 Å². The first-order valence-corrected chi connectivity index (χ1v) is 26.8. The minimum Gasteiger partial charge on any atom is -0.744 e. The van der Waals surface area contributed by atoms with Gasteiger partial charge < -0.3 is 48.5 Å². The number of azo groups is 2. The van der Waals surface area contributed by atoms with E-state index in [-0.39, 0.29) is 217 Å². The number of halogens is 1. The molecular weight excluding hydrogens is 1250 g/mol. The van der Waals surface area contributed by atoms with Crippen LogP contribution in [0.15, 0.2) is 113 Å². The number of hydrogen-bond donors (Lipinski definition) is 4. The van der Waals surface area contributed by atoms with Gasteiger partial charge in [-0.15, -0.1) is 27.7 Å². The maximum absolute atomic E-state index is 13.0. The van der Waals surface area contributed by atoms with E-state index in [9.17, 15) is 70.5 Å². The Morgan fingerprint density at radius 3 is 1.80 bits per heavy atom. The van der Waals surface area contributed by atoms with Crippen LogP contribution in [0.25, 0.3) is 21.5 Å². The molecular formula is C39H26ClN9Na6O20S5. The number of benzene rings is 6. The molecule has 0 aliphatic heterocycles. The molecule has 0 spiro atoms. The molecule has 0 aliphatic rings. The van der Waals surface area contributed by atoms with Crippen LogP contribution in [0.5, 0.6) is 23.0 Å². The molecule has 29 nitrogen and oxygen atoms in total. The third kappa shape index (κ3) is 19.1. The zero-order valence-corrected chi connectivity index (χ0v) is 59.5. The van der Waals surface area contributed by atoms with Crippen molar-refractivity contribution in [1.29, 1.82) is 0 Å². The zero-order chi connectivity index (χ0) is 54.1. The molecule has 7 aromatic rings. The minimum absolute atomic E-state index is 0. The maximum Gasteiger partial charge on any atom is 1.00 e. The summed E-state index contributed by atoms with van der Waals surface area (Å²) in [7, 11) is -24.3. The number of rotatable bonds is 19. The first kappa shape index (κ1) is 76.7. The van der Waals surface area contributed by atoms with E-state index in [0.717, 1.165) is 49.6 Å². The smallest absolute Gasteiger partial charge is 0.744 e. The van der Waals surface area contributed by atoms with Crippen molar-refractivity contribution in [1.82, 2.24) is 15.0 Å². The normalized spacial score (nSPS) is 11.8. The monoisotopic (exact) mass is 1270 g/mol. The first-order chi connectivity index (χ1) is 34.6. The predicted molar refractivity (Wildman–Crippen MR) is 247 cm³/mol. The summed E-state index contributed by atoms with van der Waals surface area (Å²) in [6, 6.07) is 17.6. The van der Waals surface area contributed by atoms with Gasteiger partial charge in [0.25, 0.3) is 10.1 Å². The molecule has 6 aromatic carbocycles. The summed E-state index contributed by atoms with van der Waals surface area (Å²) in [6.45, 7) is -1.95. The van der Waals surface area contributed by atoms with Crippen LogP contribution in [0.1, 0.15) is 0 Å². The van der Waals surface area contributed by atoms with Crippen LogP contribution < -0.4 is 197 Å². The topological polar surface area (TPSA) is 452 Å². The number of phenolic OH excluding ortho intramolecular Hbond substituents is 2. The Morgan fingerprint density at radius 2 is 1.21 bits per heavy atom. The van der Waals surface area contributed by atoms with Gasteiger partial charge in [0.15, 0.2) is 5.75 Å². The molecule has 0 unspecified atom stereocenters. The average Bonchev–Trinajstić information content (AvgIpc) is 3.30. The Hall–Kier alpha value is -1.35. The number of nitrogens with zero attached hydrogens (tertiary/aromatic N) is 7. The summed E-state index contributed by atoms with van der Waals surface area (Å²) in [5.41, 5.74) is -2.90. The zero-order valence-electron chi connectivity index (χ0n) is 42.6. The van der Waals surface area contributed by atoms with E-state index >= 15 is 0 Å². The molecule has 1 heterocycles. The summed E-state index contributed by atoms with van der Waals surface area (Å²) in [5, 5.41) is 40.6. The van der Waals surface area contributed by atoms with Crippen LogP contribution in [-0.2, 0) is 59.2 Å². The number of hydrogen-bond acceptors (Lipinski definition) is 29. The Bertz CT molecular complexity index is 4110. The quantitative estimate of drug-likeness (QED) is 0.0111. The molecule has 80 heavy (non-hydrogen) atoms. The van der Waals surface area contributed by atoms with Crippen molar-refractivity contribution >= 4 is 130 Å². The number of methoxy groups -OCH3 is 2. The van der Waals surface area contributed by atoms with Gasteiger partial charge in [-0.05, 0) is 54.1 Å². The van der Waals surface area contributed by atoms with Gasteiger partial charge in [-0.25, -0.2) is 38.8 Å². The van der Waals surface area contributed by atoms with Crippen molar-refractivity contribution in [2.24, 2.45) is 20.5 Å². The predicted octanol–water partition coefficient (Wildman–Crippen LogP) is -12.9. The van der Waals surface area contributed by atoms with Crippen LogP contribution >= 0.6 is 11.6 Å². The first-order valence-electron chi connectivity index (χ1n) is 19.5. The van der Waals surface area contributed by atoms with Crippen LogP contribution in [-0.4, -0.2) is 113 Å². The number of anilines is 4. The Labute approximate surface area is 593 Å². The van der Waals surface area contributed by atoms with Gasteiger partial charge >= 0.3 is 177 Å². The summed E-state index contributed by atoms with van der Waals surface area (Å²) >= 11 is 6.19. The molecule has 4 N–H and O–H groups in total. The second kappa shape index (κ2) is 31.3. The van der Waals surface area contributed by atoms with Gasteiger partial charge in [-0.1, -0.05) is 11.5 Å². The van der Waals surface area contributed by atoms with E-state index in [0.29, 0.717) is 6.07 Å². The molecule has 0 aliphatic carbocycles. The van der Waals surface area contributed by atoms with Crippen LogP contribution in [0, 0.1) is 12.1 Å². The van der Waals surface area contributed by atoms with Crippen molar-refractivity contribution in [3.63, 3.8) is 0 Å². The molecule has 0 atom stereocenters. The van der Waals surface area contributed by atoms with Gasteiger partial charge in [0.2, 0.25) is 27.6 Å². The second-order valence-corrected chi connectivity index (χ2v) is 21.3. The molecule has 1 aromatic heterocycles. The average molecular weight is 1270 g/mol. The molecule has 0 amide bonds. The fraction of sp³-hybridized carbons (Fsp3) is 0.103. The van der Waals surface area contributed by atoms with Gasteiger partial charge in [0, 0.05) is 44.2 Å². The third-order valence-corrected chi connectivity index (χ3v) is 14.1. The summed E-state index contributed by atoms with van der Waals surface area (Å²) in [5.74, 6) is -3.17. The van der Waals surface area contributed by atoms with Crippen LogP contribution in [0.3, 0.4) is 0 Å². The maximum atomic E-state index is 13.0. The Morgan fingerprint density at radius 1 is 0.613 bits per heavy atom. The van der Waals surface area contributed by atoms with E-state index in [2.05, 4.69) is 66.5 Å². The fourth-order valence-electron chi connectivity index (χ4n) is 6.54. The number of phenols is 2. The molecule has 0 saturated heterocycles. The second-order valence-electron chi connectivity index (χ2n) is 14.2. The Balaban J connectivity index is 0.00000533. The molecule has 7 rings (SSSR count). The summed E-state index contributed by atoms with van der Waals surface area (Å²) < 4.78 is 190. The SMILES string of the molecule is COc1cc[c-]cc1N=Nc1[c-]cc2cc(S(=O)(=O)[O-])cc(Nc3nc(Cl)nc(Nc4ccc5c(O)c(N=Nc6cc(S(=O)(=O)OCCOS(=O)(=O)[O-])ccc6OC)c(S(=O)(=O)[O-])cc5c4S(=O)(=O)[O-])n3)c2c1O.[Na+].[Na+].[Na+].[Na+].[Na+].[Na+]. The Kier molecular flexibility index (Phi) is 30.0. The molecule has 0 fully saturated rings. The molecule has 0 bridgehead atoms. The van der Waals surface area contributed by atoms with Crippen molar-refractivity contribution < 1.29 is 266 Å². The molecule has 0 radical (unpaired) electrons. The van der Waals surface area contributed by atoms with Gasteiger partial charge in [-0.2, -0.15) is 52.7 Å². The van der Waals surface area contributed by atoms with Crippen molar-refractivity contribution in [2.75, 3.05) is 38.1 Å². The third-order valence-electron chi connectivity index (χ3n) is 9.59.